The minimum Gasteiger partial charge on any atom is -0.462 e. The van der Waals surface area contributed by atoms with E-state index in [-0.39, 0.29) is 46.2 Å². The third kappa shape index (κ3) is 1.82. The van der Waals surface area contributed by atoms with E-state index in [1.165, 1.54) is 6.20 Å². The molecule has 0 saturated carbocycles. The highest BCUT2D eigenvalue weighted by Gasteiger charge is 2.38. The van der Waals surface area contributed by atoms with E-state index in [9.17, 15) is 14.8 Å². The summed E-state index contributed by atoms with van der Waals surface area (Å²) in [6.45, 7) is 3.39. The van der Waals surface area contributed by atoms with Crippen LogP contribution in [0.1, 0.15) is 50.4 Å². The fraction of sp³-hybridized carbons (Fsp3) is 0.200. The smallest absolute Gasteiger partial charge is 0.342 e. The maximum atomic E-state index is 12.5. The molecule has 22 heavy (non-hydrogen) atoms. The Hall–Kier alpha value is -2.96. The minimum absolute atomic E-state index is 0.0186. The molecule has 2 aromatic heterocycles. The van der Waals surface area contributed by atoms with Crippen LogP contribution < -0.4 is 0 Å². The highest BCUT2D eigenvalue weighted by atomic mass is 16.5. The molecule has 7 heteroatoms. The van der Waals surface area contributed by atoms with Gasteiger partial charge in [0.05, 0.1) is 17.7 Å². The molecule has 112 valence electrons. The number of esters is 1. The molecule has 0 fully saturated rings. The highest BCUT2D eigenvalue weighted by Crippen LogP contribution is 2.33. The maximum absolute atomic E-state index is 12.5. The van der Waals surface area contributed by atoms with Crippen LogP contribution in [0.25, 0.3) is 0 Å². The number of pyridine rings is 1. The van der Waals surface area contributed by atoms with Crippen molar-refractivity contribution in [1.82, 2.24) is 4.98 Å². The Bertz CT molecular complexity index is 819. The molecule has 2 aromatic rings. The quantitative estimate of drug-likeness (QED) is 0.441. The zero-order chi connectivity index (χ0) is 15.9. The second-order valence-corrected chi connectivity index (χ2v) is 4.64. The Kier molecular flexibility index (Phi) is 3.25. The molecule has 3 rings (SSSR count). The summed E-state index contributed by atoms with van der Waals surface area (Å²) in [6.07, 6.45) is 1.47. The Morgan fingerprint density at radius 3 is 2.95 bits per heavy atom. The molecule has 0 spiro atoms. The molecule has 0 unspecified atom stereocenters. The van der Waals surface area contributed by atoms with Crippen LogP contribution in [-0.4, -0.2) is 34.3 Å². The molecule has 0 atom stereocenters. The van der Waals surface area contributed by atoms with E-state index >= 15 is 0 Å². The van der Waals surface area contributed by atoms with Gasteiger partial charge >= 0.3 is 5.97 Å². The van der Waals surface area contributed by atoms with Crippen LogP contribution in [0.15, 0.2) is 27.9 Å². The van der Waals surface area contributed by atoms with Crippen molar-refractivity contribution in [3.63, 3.8) is 0 Å². The van der Waals surface area contributed by atoms with E-state index in [0.717, 1.165) is 0 Å². The number of oxime groups is 1. The molecule has 0 bridgehead atoms. The van der Waals surface area contributed by atoms with Gasteiger partial charge in [-0.15, -0.1) is 0 Å². The Balaban J connectivity index is 2.30. The molecule has 1 N–H and O–H groups in total. The van der Waals surface area contributed by atoms with Crippen LogP contribution in [0.3, 0.4) is 0 Å². The minimum atomic E-state index is -0.640. The number of aryl methyl sites for hydroxylation is 1. The zero-order valence-corrected chi connectivity index (χ0v) is 11.9. The number of ether oxygens (including phenoxy) is 1. The van der Waals surface area contributed by atoms with Crippen molar-refractivity contribution < 1.29 is 24.0 Å². The summed E-state index contributed by atoms with van der Waals surface area (Å²) in [7, 11) is 0. The molecule has 0 radical (unpaired) electrons. The van der Waals surface area contributed by atoms with Gasteiger partial charge in [-0.05, 0) is 26.0 Å². The van der Waals surface area contributed by atoms with Crippen LogP contribution in [0.2, 0.25) is 0 Å². The molecule has 7 nitrogen and oxygen atoms in total. The lowest BCUT2D eigenvalue weighted by Gasteiger charge is -2.14. The molecule has 1 aliphatic carbocycles. The summed E-state index contributed by atoms with van der Waals surface area (Å²) >= 11 is 0. The number of ketones is 1. The Morgan fingerprint density at radius 1 is 1.50 bits per heavy atom. The molecule has 0 saturated heterocycles. The number of furan rings is 1. The van der Waals surface area contributed by atoms with E-state index in [1.54, 1.807) is 26.0 Å². The Morgan fingerprint density at radius 2 is 2.27 bits per heavy atom. The third-order valence-electron chi connectivity index (χ3n) is 3.38. The van der Waals surface area contributed by atoms with Gasteiger partial charge in [0.2, 0.25) is 5.78 Å². The summed E-state index contributed by atoms with van der Waals surface area (Å²) in [5.74, 6) is -0.873. The van der Waals surface area contributed by atoms with Crippen molar-refractivity contribution in [1.29, 1.82) is 0 Å². The van der Waals surface area contributed by atoms with Gasteiger partial charge in [0.25, 0.3) is 0 Å². The second-order valence-electron chi connectivity index (χ2n) is 4.64. The summed E-state index contributed by atoms with van der Waals surface area (Å²) in [4.78, 5) is 28.7. The van der Waals surface area contributed by atoms with Crippen molar-refractivity contribution in [3.05, 3.63) is 52.2 Å². The summed E-state index contributed by atoms with van der Waals surface area (Å²) in [6, 6.07) is 3.15. The van der Waals surface area contributed by atoms with Crippen molar-refractivity contribution in [3.8, 4) is 0 Å². The average Bonchev–Trinajstić information content (AvgIpc) is 2.86. The zero-order valence-electron chi connectivity index (χ0n) is 11.9. The maximum Gasteiger partial charge on any atom is 0.342 e. The monoisotopic (exact) mass is 300 g/mol. The number of fused-ring (bicyclic) bond motifs is 2. The molecule has 2 heterocycles. The number of carbonyl (C=O) groups excluding carboxylic acids is 2. The van der Waals surface area contributed by atoms with Crippen molar-refractivity contribution >= 4 is 17.5 Å². The van der Waals surface area contributed by atoms with E-state index in [4.69, 9.17) is 9.15 Å². The van der Waals surface area contributed by atoms with E-state index in [1.807, 2.05) is 0 Å². The van der Waals surface area contributed by atoms with Gasteiger partial charge in [0, 0.05) is 6.20 Å². The standard InChI is InChI=1S/C15H12N2O5/c1-3-21-15(19)9-7(2)22-14-10(9)12(17-20)11-8(13(14)18)5-4-6-16-11/h4-6,20H,3H2,1-2H3/b17-12-. The molecular formula is C15H12N2O5. The van der Waals surface area contributed by atoms with Crippen molar-refractivity contribution in [2.45, 2.75) is 13.8 Å². The fourth-order valence-corrected chi connectivity index (χ4v) is 2.49. The number of nitrogens with zero attached hydrogens (tertiary/aromatic N) is 2. The normalized spacial score (nSPS) is 14.6. The summed E-state index contributed by atoms with van der Waals surface area (Å²) in [5, 5.41) is 12.6. The summed E-state index contributed by atoms with van der Waals surface area (Å²) in [5.41, 5.74) is 0.676. The largest absolute Gasteiger partial charge is 0.462 e. The fourth-order valence-electron chi connectivity index (χ4n) is 2.49. The highest BCUT2D eigenvalue weighted by molar-refractivity contribution is 6.30. The molecule has 0 amide bonds. The van der Waals surface area contributed by atoms with Gasteiger partial charge in [-0.25, -0.2) is 4.79 Å². The molecule has 0 aromatic carbocycles. The molecule has 0 aliphatic heterocycles. The average molecular weight is 300 g/mol. The Labute approximate surface area is 125 Å². The second kappa shape index (κ2) is 5.10. The lowest BCUT2D eigenvalue weighted by atomic mass is 9.89. The van der Waals surface area contributed by atoms with Crippen molar-refractivity contribution in [2.75, 3.05) is 6.61 Å². The first-order valence-electron chi connectivity index (χ1n) is 6.63. The molecule has 1 aliphatic rings. The first-order valence-corrected chi connectivity index (χ1v) is 6.63. The molecular weight excluding hydrogens is 288 g/mol. The van der Waals surface area contributed by atoms with E-state index in [2.05, 4.69) is 10.1 Å². The van der Waals surface area contributed by atoms with Gasteiger partial charge in [-0.2, -0.15) is 0 Å². The van der Waals surface area contributed by atoms with Gasteiger partial charge < -0.3 is 14.4 Å². The lowest BCUT2D eigenvalue weighted by molar-refractivity contribution is 0.0524. The summed E-state index contributed by atoms with van der Waals surface area (Å²) < 4.78 is 10.4. The van der Waals surface area contributed by atoms with Crippen LogP contribution in [0, 0.1) is 6.92 Å². The number of hydrogen-bond acceptors (Lipinski definition) is 7. The lowest BCUT2D eigenvalue weighted by Crippen LogP contribution is -2.24. The SMILES string of the molecule is CCOC(=O)c1c(C)oc2c1/C(=N/O)c1ncccc1C2=O. The van der Waals surface area contributed by atoms with E-state index in [0.29, 0.717) is 0 Å². The van der Waals surface area contributed by atoms with Gasteiger partial charge in [0.15, 0.2) is 5.76 Å². The third-order valence-corrected chi connectivity index (χ3v) is 3.38. The van der Waals surface area contributed by atoms with Gasteiger partial charge in [0.1, 0.15) is 22.7 Å². The predicted octanol–water partition coefficient (Wildman–Crippen LogP) is 1.93. The van der Waals surface area contributed by atoms with Gasteiger partial charge in [-0.3, -0.25) is 9.78 Å². The van der Waals surface area contributed by atoms with Crippen molar-refractivity contribution in [2.24, 2.45) is 5.16 Å². The topological polar surface area (TPSA) is 102 Å². The first kappa shape index (κ1) is 14.0. The van der Waals surface area contributed by atoms with Crippen LogP contribution in [0.4, 0.5) is 0 Å². The predicted molar refractivity (Wildman–Crippen MR) is 74.5 cm³/mol. The number of rotatable bonds is 2. The van der Waals surface area contributed by atoms with Gasteiger partial charge in [-0.1, -0.05) is 5.16 Å². The van der Waals surface area contributed by atoms with E-state index < -0.39 is 11.8 Å². The van der Waals surface area contributed by atoms with Crippen LogP contribution >= 0.6 is 0 Å². The number of hydrogen-bond donors (Lipinski definition) is 1. The first-order chi connectivity index (χ1) is 10.6. The number of aromatic nitrogens is 1. The van der Waals surface area contributed by atoms with Crippen LogP contribution in [-0.2, 0) is 4.74 Å². The number of carbonyl (C=O) groups is 2. The van der Waals surface area contributed by atoms with Crippen LogP contribution in [0.5, 0.6) is 0 Å².